The Morgan fingerprint density at radius 3 is 2.56 bits per heavy atom. The molecule has 4 aliphatic rings. The van der Waals surface area contributed by atoms with Gasteiger partial charge in [0.15, 0.2) is 0 Å². The van der Waals surface area contributed by atoms with E-state index in [9.17, 15) is 14.7 Å². The van der Waals surface area contributed by atoms with Crippen molar-refractivity contribution in [2.24, 2.45) is 5.92 Å². The van der Waals surface area contributed by atoms with Gasteiger partial charge in [0.2, 0.25) is 0 Å². The van der Waals surface area contributed by atoms with E-state index >= 15 is 0 Å². The Balaban J connectivity index is 1.23. The third kappa shape index (κ3) is 4.05. The number of aliphatic carboxylic acids is 1. The molecule has 2 aliphatic carbocycles. The summed E-state index contributed by atoms with van der Waals surface area (Å²) in [6.07, 6.45) is 11.5. The molecule has 1 N–H and O–H groups in total. The molecule has 3 aromatic rings. The van der Waals surface area contributed by atoms with Gasteiger partial charge in [-0.25, -0.2) is 0 Å². The fraction of sp³-hybridized carbons (Fsp3) is 0.531. The van der Waals surface area contributed by atoms with Crippen LogP contribution in [0.25, 0.3) is 16.6 Å². The highest BCUT2D eigenvalue weighted by Gasteiger charge is 2.46. The summed E-state index contributed by atoms with van der Waals surface area (Å²) in [5, 5.41) is 10.5. The van der Waals surface area contributed by atoms with Crippen LogP contribution in [0.15, 0.2) is 41.2 Å². The molecule has 1 saturated heterocycles. The van der Waals surface area contributed by atoms with Crippen LogP contribution in [0.4, 0.5) is 0 Å². The maximum Gasteiger partial charge on any atom is 0.306 e. The van der Waals surface area contributed by atoms with Crippen LogP contribution in [-0.2, 0) is 10.2 Å². The van der Waals surface area contributed by atoms with Gasteiger partial charge >= 0.3 is 5.97 Å². The minimum absolute atomic E-state index is 0.186. The average Bonchev–Trinajstić information content (AvgIpc) is 3.22. The van der Waals surface area contributed by atoms with Crippen molar-refractivity contribution in [1.29, 1.82) is 0 Å². The zero-order chi connectivity index (χ0) is 26.7. The number of nitrogens with zero attached hydrogens (tertiary/aromatic N) is 3. The van der Waals surface area contributed by atoms with E-state index in [-0.39, 0.29) is 16.9 Å². The van der Waals surface area contributed by atoms with E-state index in [2.05, 4.69) is 27.7 Å². The summed E-state index contributed by atoms with van der Waals surface area (Å²) < 4.78 is 2.25. The van der Waals surface area contributed by atoms with Gasteiger partial charge < -0.3 is 10.0 Å². The summed E-state index contributed by atoms with van der Waals surface area (Å²) in [5.74, 6) is 0.552. The first-order valence-corrected chi connectivity index (χ1v) is 15.2. The van der Waals surface area contributed by atoms with E-state index in [1.165, 1.54) is 23.2 Å². The van der Waals surface area contributed by atoms with Gasteiger partial charge in [0.25, 0.3) is 5.56 Å². The number of hydrogen-bond donors (Lipinski definition) is 1. The normalized spacial score (nSPS) is 25.1. The van der Waals surface area contributed by atoms with E-state index in [0.717, 1.165) is 88.6 Å². The fourth-order valence-electron chi connectivity index (χ4n) is 8.27. The SMILES string of the molecule is O=C(O)C1CCCC(N2CCC(c3ccc4c(c3)-n3c(nc(=O)c5c(Cl)cccc53)C43CCCCC3)CC2)C1. The summed E-state index contributed by atoms with van der Waals surface area (Å²) in [4.78, 5) is 32.1. The molecule has 2 aliphatic heterocycles. The molecule has 7 rings (SSSR count). The van der Waals surface area contributed by atoms with Crippen molar-refractivity contribution in [3.05, 3.63) is 68.7 Å². The topological polar surface area (TPSA) is 75.4 Å². The number of aromatic nitrogens is 2. The summed E-state index contributed by atoms with van der Waals surface area (Å²) in [7, 11) is 0. The molecule has 1 spiro atoms. The molecule has 2 unspecified atom stereocenters. The molecule has 3 fully saturated rings. The molecule has 0 amide bonds. The number of carbonyl (C=O) groups is 1. The molecule has 6 nitrogen and oxygen atoms in total. The lowest BCUT2D eigenvalue weighted by atomic mass is 9.69. The van der Waals surface area contributed by atoms with Gasteiger partial charge in [0.1, 0.15) is 5.82 Å². The smallest absolute Gasteiger partial charge is 0.306 e. The summed E-state index contributed by atoms with van der Waals surface area (Å²) in [6.45, 7) is 2.04. The Bertz CT molecular complexity index is 1500. The Morgan fingerprint density at radius 2 is 1.79 bits per heavy atom. The van der Waals surface area contributed by atoms with E-state index in [1.54, 1.807) is 6.07 Å². The van der Waals surface area contributed by atoms with Gasteiger partial charge in [-0.1, -0.05) is 55.5 Å². The molecule has 0 radical (unpaired) electrons. The molecule has 2 aromatic carbocycles. The third-order valence-corrected chi connectivity index (χ3v) is 10.6. The van der Waals surface area contributed by atoms with Crippen molar-refractivity contribution < 1.29 is 9.90 Å². The maximum absolute atomic E-state index is 13.2. The second kappa shape index (κ2) is 9.74. The minimum Gasteiger partial charge on any atom is -0.481 e. The highest BCUT2D eigenvalue weighted by Crippen LogP contribution is 2.52. The second-order valence-electron chi connectivity index (χ2n) is 12.3. The van der Waals surface area contributed by atoms with Gasteiger partial charge in [-0.05, 0) is 93.3 Å². The van der Waals surface area contributed by atoms with Crippen LogP contribution in [0.5, 0.6) is 0 Å². The Labute approximate surface area is 234 Å². The van der Waals surface area contributed by atoms with Gasteiger partial charge in [0.05, 0.1) is 32.9 Å². The average molecular weight is 546 g/mol. The van der Waals surface area contributed by atoms with E-state index < -0.39 is 5.97 Å². The van der Waals surface area contributed by atoms with Crippen LogP contribution in [0, 0.1) is 5.92 Å². The molecule has 0 bridgehead atoms. The zero-order valence-electron chi connectivity index (χ0n) is 22.4. The van der Waals surface area contributed by atoms with Crippen molar-refractivity contribution in [2.75, 3.05) is 13.1 Å². The van der Waals surface area contributed by atoms with Gasteiger partial charge in [-0.15, -0.1) is 0 Å². The first kappa shape index (κ1) is 25.3. The predicted molar refractivity (Wildman–Crippen MR) is 153 cm³/mol. The monoisotopic (exact) mass is 545 g/mol. The molecular formula is C32H36ClN3O3. The van der Waals surface area contributed by atoms with Crippen LogP contribution < -0.4 is 5.56 Å². The predicted octanol–water partition coefficient (Wildman–Crippen LogP) is 6.43. The zero-order valence-corrected chi connectivity index (χ0v) is 23.1. The Morgan fingerprint density at radius 1 is 1.00 bits per heavy atom. The number of carboxylic acid groups (broad SMARTS) is 1. The van der Waals surface area contributed by atoms with Gasteiger partial charge in [-0.3, -0.25) is 14.2 Å². The van der Waals surface area contributed by atoms with Crippen LogP contribution in [-0.4, -0.2) is 44.7 Å². The fourth-order valence-corrected chi connectivity index (χ4v) is 8.52. The quantitative estimate of drug-likeness (QED) is 0.410. The van der Waals surface area contributed by atoms with E-state index in [0.29, 0.717) is 22.4 Å². The summed E-state index contributed by atoms with van der Waals surface area (Å²) >= 11 is 6.53. The molecule has 7 heteroatoms. The molecular weight excluding hydrogens is 510 g/mol. The largest absolute Gasteiger partial charge is 0.481 e. The molecule has 2 saturated carbocycles. The second-order valence-corrected chi connectivity index (χ2v) is 12.7. The number of rotatable bonds is 3. The molecule has 39 heavy (non-hydrogen) atoms. The number of benzene rings is 2. The van der Waals surface area contributed by atoms with Crippen molar-refractivity contribution in [3.63, 3.8) is 0 Å². The lowest BCUT2D eigenvalue weighted by Crippen LogP contribution is -2.44. The van der Waals surface area contributed by atoms with Crippen LogP contribution in [0.1, 0.15) is 93.5 Å². The Kier molecular flexibility index (Phi) is 6.31. The number of likely N-dealkylation sites (tertiary alicyclic amines) is 1. The standard InChI is InChI=1S/C32H36ClN3O3/c33-25-8-5-9-26-28(25)29(37)34-31-32(14-2-1-3-15-32)24-11-10-21(19-27(24)36(26)31)20-12-16-35(17-13-20)23-7-4-6-22(18-23)30(38)39/h5,8-11,19-20,22-23H,1-4,6-7,12-18H2,(H,38,39). The van der Waals surface area contributed by atoms with Crippen LogP contribution in [0.2, 0.25) is 5.02 Å². The third-order valence-electron chi connectivity index (χ3n) is 10.3. The number of piperidine rings is 1. The first-order chi connectivity index (χ1) is 19.0. The number of hydrogen-bond acceptors (Lipinski definition) is 4. The van der Waals surface area contributed by atoms with Crippen molar-refractivity contribution >= 4 is 28.5 Å². The number of fused-ring (bicyclic) bond motifs is 7. The van der Waals surface area contributed by atoms with Crippen molar-refractivity contribution in [1.82, 2.24) is 14.5 Å². The van der Waals surface area contributed by atoms with Gasteiger partial charge in [0, 0.05) is 6.04 Å². The van der Waals surface area contributed by atoms with Gasteiger partial charge in [-0.2, -0.15) is 4.98 Å². The molecule has 204 valence electrons. The lowest BCUT2D eigenvalue weighted by molar-refractivity contribution is -0.143. The highest BCUT2D eigenvalue weighted by atomic mass is 35.5. The first-order valence-electron chi connectivity index (χ1n) is 14.8. The molecule has 1 aromatic heterocycles. The Hall–Kier alpha value is -2.70. The lowest BCUT2D eigenvalue weighted by Gasteiger charge is -2.40. The van der Waals surface area contributed by atoms with E-state index in [4.69, 9.17) is 16.6 Å². The minimum atomic E-state index is -0.631. The van der Waals surface area contributed by atoms with Crippen molar-refractivity contribution in [3.8, 4) is 5.69 Å². The maximum atomic E-state index is 13.2. The van der Waals surface area contributed by atoms with Crippen LogP contribution >= 0.6 is 11.6 Å². The molecule has 2 atom stereocenters. The summed E-state index contributed by atoms with van der Waals surface area (Å²) in [6, 6.07) is 13.2. The van der Waals surface area contributed by atoms with Crippen molar-refractivity contribution in [2.45, 2.75) is 88.0 Å². The highest BCUT2D eigenvalue weighted by molar-refractivity contribution is 6.35. The summed E-state index contributed by atoms with van der Waals surface area (Å²) in [5.41, 5.74) is 4.27. The van der Waals surface area contributed by atoms with Crippen LogP contribution in [0.3, 0.4) is 0 Å². The van der Waals surface area contributed by atoms with E-state index in [1.807, 2.05) is 12.1 Å². The molecule has 3 heterocycles. The number of halogens is 1. The number of carboxylic acids is 1.